The Morgan fingerprint density at radius 1 is 1.36 bits per heavy atom. The van der Waals surface area contributed by atoms with E-state index in [0.29, 0.717) is 21.9 Å². The summed E-state index contributed by atoms with van der Waals surface area (Å²) in [6.07, 6.45) is 3.86. The minimum Gasteiger partial charge on any atom is -0.284 e. The standard InChI is InChI=1S/C17H15ClN4OS2/c1-10(23)22(12-5-6-12)16-20-21-17(25-16)24-9-13-14(18)7-4-11-3-2-8-19-15(11)13/h2-4,7-8,12H,5-6,9H2,1H3. The molecule has 5 nitrogen and oxygen atoms in total. The monoisotopic (exact) mass is 390 g/mol. The van der Waals surface area contributed by atoms with Crippen LogP contribution in [0.3, 0.4) is 0 Å². The largest absolute Gasteiger partial charge is 0.284 e. The number of hydrogen-bond donors (Lipinski definition) is 0. The molecule has 0 spiro atoms. The first kappa shape index (κ1) is 16.8. The van der Waals surface area contributed by atoms with Crippen molar-refractivity contribution in [3.63, 3.8) is 0 Å². The molecule has 1 amide bonds. The van der Waals surface area contributed by atoms with Crippen LogP contribution < -0.4 is 4.90 Å². The van der Waals surface area contributed by atoms with E-state index in [0.717, 1.165) is 33.6 Å². The fourth-order valence-electron chi connectivity index (χ4n) is 2.69. The zero-order valence-corrected chi connectivity index (χ0v) is 15.9. The molecule has 3 aromatic rings. The number of halogens is 1. The number of fused-ring (bicyclic) bond motifs is 1. The molecule has 4 rings (SSSR count). The van der Waals surface area contributed by atoms with Crippen LogP contribution in [0.5, 0.6) is 0 Å². The van der Waals surface area contributed by atoms with Gasteiger partial charge in [0.1, 0.15) is 0 Å². The average molecular weight is 391 g/mol. The van der Waals surface area contributed by atoms with E-state index in [2.05, 4.69) is 15.2 Å². The summed E-state index contributed by atoms with van der Waals surface area (Å²) in [6, 6.07) is 8.11. The van der Waals surface area contributed by atoms with Crippen LogP contribution >= 0.6 is 34.7 Å². The molecule has 2 heterocycles. The van der Waals surface area contributed by atoms with Crippen LogP contribution in [-0.4, -0.2) is 27.1 Å². The second kappa shape index (κ2) is 6.90. The number of carbonyl (C=O) groups excluding carboxylic acids is 1. The summed E-state index contributed by atoms with van der Waals surface area (Å²) >= 11 is 9.40. The molecule has 0 aliphatic heterocycles. The van der Waals surface area contributed by atoms with Crippen molar-refractivity contribution in [3.05, 3.63) is 41.0 Å². The number of anilines is 1. The third kappa shape index (κ3) is 3.49. The molecule has 8 heteroatoms. The third-order valence-electron chi connectivity index (χ3n) is 4.02. The molecule has 0 bridgehead atoms. The number of rotatable bonds is 5. The van der Waals surface area contributed by atoms with Gasteiger partial charge in [-0.2, -0.15) is 0 Å². The van der Waals surface area contributed by atoms with Crippen LogP contribution in [-0.2, 0) is 10.5 Å². The van der Waals surface area contributed by atoms with Crippen LogP contribution in [0.2, 0.25) is 5.02 Å². The Hall–Kier alpha value is -1.70. The first-order valence-electron chi connectivity index (χ1n) is 7.91. The molecule has 1 saturated carbocycles. The lowest BCUT2D eigenvalue weighted by atomic mass is 10.1. The van der Waals surface area contributed by atoms with Crippen molar-refractivity contribution in [2.24, 2.45) is 0 Å². The molecule has 1 fully saturated rings. The Balaban J connectivity index is 1.55. The lowest BCUT2D eigenvalue weighted by Crippen LogP contribution is -2.30. The molecule has 0 atom stereocenters. The van der Waals surface area contributed by atoms with Gasteiger partial charge in [0.05, 0.1) is 5.52 Å². The summed E-state index contributed by atoms with van der Waals surface area (Å²) in [5.74, 6) is 0.683. The van der Waals surface area contributed by atoms with Crippen LogP contribution in [0.25, 0.3) is 10.9 Å². The maximum absolute atomic E-state index is 11.8. The zero-order valence-electron chi connectivity index (χ0n) is 13.5. The van der Waals surface area contributed by atoms with Crippen LogP contribution in [0.1, 0.15) is 25.3 Å². The number of aromatic nitrogens is 3. The van der Waals surface area contributed by atoms with Gasteiger partial charge in [-0.1, -0.05) is 46.8 Å². The summed E-state index contributed by atoms with van der Waals surface area (Å²) in [7, 11) is 0. The molecule has 25 heavy (non-hydrogen) atoms. The first-order valence-corrected chi connectivity index (χ1v) is 10.1. The predicted octanol–water partition coefficient (Wildman–Crippen LogP) is 4.55. The average Bonchev–Trinajstić information content (AvgIpc) is 3.32. The molecule has 128 valence electrons. The van der Waals surface area contributed by atoms with E-state index in [4.69, 9.17) is 11.6 Å². The highest BCUT2D eigenvalue weighted by atomic mass is 35.5. The maximum atomic E-state index is 11.8. The van der Waals surface area contributed by atoms with E-state index in [1.165, 1.54) is 11.3 Å². The Morgan fingerprint density at radius 2 is 2.20 bits per heavy atom. The number of thioether (sulfide) groups is 1. The molecule has 0 saturated heterocycles. The van der Waals surface area contributed by atoms with Crippen molar-refractivity contribution in [3.8, 4) is 0 Å². The van der Waals surface area contributed by atoms with E-state index in [-0.39, 0.29) is 5.91 Å². The van der Waals surface area contributed by atoms with Gasteiger partial charge in [-0.05, 0) is 25.0 Å². The maximum Gasteiger partial charge on any atom is 0.225 e. The van der Waals surface area contributed by atoms with Gasteiger partial charge in [-0.3, -0.25) is 14.7 Å². The molecule has 0 N–H and O–H groups in total. The summed E-state index contributed by atoms with van der Waals surface area (Å²) in [5, 5.41) is 10.9. The second-order valence-electron chi connectivity index (χ2n) is 5.86. The number of carbonyl (C=O) groups is 1. The summed E-state index contributed by atoms with van der Waals surface area (Å²) in [4.78, 5) is 18.1. The van der Waals surface area contributed by atoms with Crippen molar-refractivity contribution in [2.75, 3.05) is 4.90 Å². The van der Waals surface area contributed by atoms with Gasteiger partial charge >= 0.3 is 0 Å². The summed E-state index contributed by atoms with van der Waals surface area (Å²) < 4.78 is 0.825. The fraction of sp³-hybridized carbons (Fsp3) is 0.294. The van der Waals surface area contributed by atoms with E-state index in [1.54, 1.807) is 29.8 Å². The molecular formula is C17H15ClN4OS2. The number of amides is 1. The van der Waals surface area contributed by atoms with Gasteiger partial charge in [-0.15, -0.1) is 10.2 Å². The minimum absolute atomic E-state index is 0.0245. The number of nitrogens with zero attached hydrogens (tertiary/aromatic N) is 4. The van der Waals surface area contributed by atoms with Gasteiger partial charge in [0.15, 0.2) is 4.34 Å². The zero-order chi connectivity index (χ0) is 17.4. The molecular weight excluding hydrogens is 376 g/mol. The van der Waals surface area contributed by atoms with Crippen molar-refractivity contribution in [1.82, 2.24) is 15.2 Å². The Morgan fingerprint density at radius 3 is 2.96 bits per heavy atom. The smallest absolute Gasteiger partial charge is 0.225 e. The first-order chi connectivity index (χ1) is 12.1. The van der Waals surface area contributed by atoms with Gasteiger partial charge in [0.2, 0.25) is 11.0 Å². The Kier molecular flexibility index (Phi) is 4.62. The van der Waals surface area contributed by atoms with E-state index >= 15 is 0 Å². The second-order valence-corrected chi connectivity index (χ2v) is 8.45. The topological polar surface area (TPSA) is 59.0 Å². The lowest BCUT2D eigenvalue weighted by Gasteiger charge is -2.15. The van der Waals surface area contributed by atoms with Crippen molar-refractivity contribution < 1.29 is 4.79 Å². The molecule has 1 aliphatic carbocycles. The van der Waals surface area contributed by atoms with Crippen LogP contribution in [0.4, 0.5) is 5.13 Å². The van der Waals surface area contributed by atoms with Gasteiger partial charge in [-0.25, -0.2) is 0 Å². The molecule has 0 radical (unpaired) electrons. The number of benzene rings is 1. The molecule has 2 aromatic heterocycles. The Labute approximate surface area is 158 Å². The number of pyridine rings is 1. The van der Waals surface area contributed by atoms with Gasteiger partial charge in [0.25, 0.3) is 0 Å². The highest BCUT2D eigenvalue weighted by molar-refractivity contribution is 8.00. The highest BCUT2D eigenvalue weighted by Gasteiger charge is 2.34. The molecule has 1 aromatic carbocycles. The Bertz CT molecular complexity index is 941. The number of hydrogen-bond acceptors (Lipinski definition) is 6. The van der Waals surface area contributed by atoms with Crippen molar-refractivity contribution >= 4 is 56.6 Å². The van der Waals surface area contributed by atoms with E-state index in [9.17, 15) is 4.79 Å². The summed E-state index contributed by atoms with van der Waals surface area (Å²) in [6.45, 7) is 1.58. The molecule has 0 unspecified atom stereocenters. The highest BCUT2D eigenvalue weighted by Crippen LogP contribution is 2.37. The lowest BCUT2D eigenvalue weighted by molar-refractivity contribution is -0.116. The van der Waals surface area contributed by atoms with Crippen molar-refractivity contribution in [2.45, 2.75) is 35.9 Å². The van der Waals surface area contributed by atoms with Crippen LogP contribution in [0.15, 0.2) is 34.8 Å². The van der Waals surface area contributed by atoms with Crippen molar-refractivity contribution in [1.29, 1.82) is 0 Å². The normalized spacial score (nSPS) is 14.0. The fourth-order valence-corrected chi connectivity index (χ4v) is 4.98. The van der Waals surface area contributed by atoms with E-state index < -0.39 is 0 Å². The summed E-state index contributed by atoms with van der Waals surface area (Å²) in [5.41, 5.74) is 1.91. The quantitative estimate of drug-likeness (QED) is 0.472. The van der Waals surface area contributed by atoms with Crippen LogP contribution in [0, 0.1) is 0 Å². The van der Waals surface area contributed by atoms with Gasteiger partial charge in [0, 0.05) is 40.9 Å². The van der Waals surface area contributed by atoms with Gasteiger partial charge < -0.3 is 0 Å². The minimum atomic E-state index is 0.0245. The SMILES string of the molecule is CC(=O)N(c1nnc(SCc2c(Cl)ccc3cccnc23)s1)C1CC1. The third-order valence-corrected chi connectivity index (χ3v) is 6.45. The van der Waals surface area contributed by atoms with E-state index in [1.807, 2.05) is 24.3 Å². The predicted molar refractivity (Wildman–Crippen MR) is 102 cm³/mol. The molecule has 1 aliphatic rings.